The molecule has 1 N–H and O–H groups in total. The highest BCUT2D eigenvalue weighted by Gasteiger charge is 2.21. The quantitative estimate of drug-likeness (QED) is 0.447. The van der Waals surface area contributed by atoms with Crippen LogP contribution >= 0.6 is 0 Å². The van der Waals surface area contributed by atoms with Crippen molar-refractivity contribution in [1.29, 1.82) is 0 Å². The number of unbranched alkanes of at least 4 members (excludes halogenated alkanes) is 1. The average Bonchev–Trinajstić information content (AvgIpc) is 3.23. The molecule has 0 amide bonds. The summed E-state index contributed by atoms with van der Waals surface area (Å²) in [5.74, 6) is 0.954. The number of allylic oxidation sites excluding steroid dienone is 1. The number of benzene rings is 2. The fraction of sp³-hybridized carbons (Fsp3) is 0.292. The number of H-pyrrole nitrogens is 1. The van der Waals surface area contributed by atoms with Crippen molar-refractivity contribution in [1.82, 2.24) is 10.2 Å². The molecular formula is C24H28N2. The van der Waals surface area contributed by atoms with E-state index in [4.69, 9.17) is 0 Å². The summed E-state index contributed by atoms with van der Waals surface area (Å²) in [6.07, 6.45) is 10.7. The average molecular weight is 345 g/mol. The Morgan fingerprint density at radius 2 is 1.81 bits per heavy atom. The molecule has 2 nitrogen and oxygen atoms in total. The van der Waals surface area contributed by atoms with Crippen molar-refractivity contribution in [2.45, 2.75) is 38.5 Å². The highest BCUT2D eigenvalue weighted by atomic mass is 15.1. The first-order valence-corrected chi connectivity index (χ1v) is 9.57. The van der Waals surface area contributed by atoms with Crippen LogP contribution in [0, 0.1) is 5.92 Å². The standard InChI is InChI=1S/C24H28N2/c1-3-5-11-24(20(4-2)16-19-9-7-6-8-10-19)22-14-12-21(13-15-22)23-17-25-26-18-23/h4,6-10,12-15,17-18,20,24H,2-3,5,11,16H2,1H3,(H,25,26). The summed E-state index contributed by atoms with van der Waals surface area (Å²) in [6, 6.07) is 19.7. The van der Waals surface area contributed by atoms with Gasteiger partial charge in [0.15, 0.2) is 0 Å². The molecule has 2 heteroatoms. The van der Waals surface area contributed by atoms with Gasteiger partial charge < -0.3 is 0 Å². The van der Waals surface area contributed by atoms with Crippen LogP contribution in [0.3, 0.4) is 0 Å². The van der Waals surface area contributed by atoms with Gasteiger partial charge >= 0.3 is 0 Å². The van der Waals surface area contributed by atoms with Crippen LogP contribution in [0.4, 0.5) is 0 Å². The minimum atomic E-state index is 0.448. The van der Waals surface area contributed by atoms with E-state index in [2.05, 4.69) is 84.4 Å². The van der Waals surface area contributed by atoms with E-state index in [1.54, 1.807) is 0 Å². The first-order valence-electron chi connectivity index (χ1n) is 9.57. The number of nitrogens with one attached hydrogen (secondary N) is 1. The Labute approximate surface area is 157 Å². The van der Waals surface area contributed by atoms with E-state index in [0.29, 0.717) is 11.8 Å². The Bertz CT molecular complexity index is 773. The van der Waals surface area contributed by atoms with E-state index in [-0.39, 0.29) is 0 Å². The number of rotatable bonds is 9. The van der Waals surface area contributed by atoms with Gasteiger partial charge in [-0.3, -0.25) is 5.10 Å². The van der Waals surface area contributed by atoms with E-state index >= 15 is 0 Å². The molecule has 0 saturated heterocycles. The molecule has 2 atom stereocenters. The van der Waals surface area contributed by atoms with Crippen LogP contribution < -0.4 is 0 Å². The zero-order valence-electron chi connectivity index (χ0n) is 15.6. The highest BCUT2D eigenvalue weighted by Crippen LogP contribution is 2.34. The summed E-state index contributed by atoms with van der Waals surface area (Å²) in [5.41, 5.74) is 5.13. The van der Waals surface area contributed by atoms with Crippen molar-refractivity contribution < 1.29 is 0 Å². The molecule has 2 aromatic carbocycles. The summed E-state index contributed by atoms with van der Waals surface area (Å²) < 4.78 is 0. The highest BCUT2D eigenvalue weighted by molar-refractivity contribution is 5.61. The molecule has 1 heterocycles. The topological polar surface area (TPSA) is 28.7 Å². The fourth-order valence-electron chi connectivity index (χ4n) is 3.66. The van der Waals surface area contributed by atoms with Gasteiger partial charge in [0.2, 0.25) is 0 Å². The van der Waals surface area contributed by atoms with Gasteiger partial charge in [0, 0.05) is 11.8 Å². The second kappa shape index (κ2) is 9.19. The molecule has 0 bridgehead atoms. The minimum absolute atomic E-state index is 0.448. The van der Waals surface area contributed by atoms with Crippen molar-refractivity contribution in [2.75, 3.05) is 0 Å². The molecule has 3 rings (SSSR count). The van der Waals surface area contributed by atoms with Gasteiger partial charge in [-0.05, 0) is 41.4 Å². The monoisotopic (exact) mass is 344 g/mol. The first kappa shape index (κ1) is 18.2. The lowest BCUT2D eigenvalue weighted by Crippen LogP contribution is -2.14. The molecule has 0 aliphatic heterocycles. The van der Waals surface area contributed by atoms with Crippen molar-refractivity contribution in [3.05, 3.63) is 90.8 Å². The van der Waals surface area contributed by atoms with E-state index in [0.717, 1.165) is 12.0 Å². The number of nitrogens with zero attached hydrogens (tertiary/aromatic N) is 1. The van der Waals surface area contributed by atoms with Gasteiger partial charge in [-0.2, -0.15) is 5.10 Å². The molecule has 0 spiro atoms. The van der Waals surface area contributed by atoms with Crippen molar-refractivity contribution in [3.63, 3.8) is 0 Å². The maximum absolute atomic E-state index is 4.16. The zero-order chi connectivity index (χ0) is 18.2. The van der Waals surface area contributed by atoms with Gasteiger partial charge in [-0.1, -0.05) is 80.4 Å². The van der Waals surface area contributed by atoms with Crippen LogP contribution in [0.15, 0.2) is 79.6 Å². The van der Waals surface area contributed by atoms with Crippen LogP contribution in [-0.2, 0) is 6.42 Å². The third-order valence-electron chi connectivity index (χ3n) is 5.17. The number of aromatic nitrogens is 2. The van der Waals surface area contributed by atoms with Crippen molar-refractivity contribution >= 4 is 0 Å². The third-order valence-corrected chi connectivity index (χ3v) is 5.17. The summed E-state index contributed by atoms with van der Waals surface area (Å²) >= 11 is 0. The Morgan fingerprint density at radius 3 is 2.42 bits per heavy atom. The Hall–Kier alpha value is -2.61. The largest absolute Gasteiger partial charge is 0.285 e. The number of aromatic amines is 1. The molecule has 134 valence electrons. The molecule has 0 saturated carbocycles. The van der Waals surface area contributed by atoms with Crippen molar-refractivity contribution in [2.24, 2.45) is 5.92 Å². The minimum Gasteiger partial charge on any atom is -0.285 e. The summed E-state index contributed by atoms with van der Waals surface area (Å²) in [6.45, 7) is 6.42. The zero-order valence-corrected chi connectivity index (χ0v) is 15.6. The Balaban J connectivity index is 1.82. The molecule has 0 fully saturated rings. The maximum atomic E-state index is 4.16. The molecule has 0 aliphatic rings. The third kappa shape index (κ3) is 4.51. The normalized spacial score (nSPS) is 13.3. The summed E-state index contributed by atoms with van der Waals surface area (Å²) in [7, 11) is 0. The van der Waals surface area contributed by atoms with Crippen LogP contribution in [0.5, 0.6) is 0 Å². The molecule has 26 heavy (non-hydrogen) atoms. The molecule has 3 aromatic rings. The number of hydrogen-bond donors (Lipinski definition) is 1. The van der Waals surface area contributed by atoms with Crippen LogP contribution in [0.2, 0.25) is 0 Å². The van der Waals surface area contributed by atoms with Gasteiger partial charge in [-0.25, -0.2) is 0 Å². The lowest BCUT2D eigenvalue weighted by Gasteiger charge is -2.26. The Kier molecular flexibility index (Phi) is 6.43. The van der Waals surface area contributed by atoms with Crippen LogP contribution in [0.1, 0.15) is 43.2 Å². The number of hydrogen-bond acceptors (Lipinski definition) is 1. The maximum Gasteiger partial charge on any atom is 0.0565 e. The molecule has 1 aromatic heterocycles. The second-order valence-corrected chi connectivity index (χ2v) is 6.95. The van der Waals surface area contributed by atoms with E-state index in [9.17, 15) is 0 Å². The Morgan fingerprint density at radius 1 is 1.04 bits per heavy atom. The van der Waals surface area contributed by atoms with Crippen molar-refractivity contribution in [3.8, 4) is 11.1 Å². The molecule has 2 unspecified atom stereocenters. The van der Waals surface area contributed by atoms with Crippen LogP contribution in [-0.4, -0.2) is 10.2 Å². The predicted octanol–water partition coefficient (Wildman–Crippen LogP) is 6.40. The predicted molar refractivity (Wildman–Crippen MR) is 110 cm³/mol. The van der Waals surface area contributed by atoms with Gasteiger partial charge in [-0.15, -0.1) is 6.58 Å². The molecule has 0 radical (unpaired) electrons. The SMILES string of the molecule is C=CC(Cc1ccccc1)C(CCCC)c1ccc(-c2cn[nH]c2)cc1. The van der Waals surface area contributed by atoms with E-state index in [1.807, 2.05) is 12.4 Å². The lowest BCUT2D eigenvalue weighted by atomic mass is 9.79. The molecule has 0 aliphatic carbocycles. The summed E-state index contributed by atoms with van der Waals surface area (Å²) in [5, 5.41) is 6.93. The lowest BCUT2D eigenvalue weighted by molar-refractivity contribution is 0.459. The van der Waals surface area contributed by atoms with Gasteiger partial charge in [0.25, 0.3) is 0 Å². The van der Waals surface area contributed by atoms with E-state index in [1.165, 1.54) is 36.0 Å². The molecular weight excluding hydrogens is 316 g/mol. The van der Waals surface area contributed by atoms with Gasteiger partial charge in [0.05, 0.1) is 6.20 Å². The van der Waals surface area contributed by atoms with Gasteiger partial charge in [0.1, 0.15) is 0 Å². The summed E-state index contributed by atoms with van der Waals surface area (Å²) in [4.78, 5) is 0. The first-order chi connectivity index (χ1) is 12.8. The van der Waals surface area contributed by atoms with Crippen LogP contribution in [0.25, 0.3) is 11.1 Å². The van der Waals surface area contributed by atoms with E-state index < -0.39 is 0 Å². The second-order valence-electron chi connectivity index (χ2n) is 6.95. The smallest absolute Gasteiger partial charge is 0.0565 e. The fourth-order valence-corrected chi connectivity index (χ4v) is 3.66.